The van der Waals surface area contributed by atoms with Gasteiger partial charge in [-0.3, -0.25) is 0 Å². The minimum absolute atomic E-state index is 0.0157. The summed E-state index contributed by atoms with van der Waals surface area (Å²) in [6.07, 6.45) is 0.899. The van der Waals surface area contributed by atoms with Gasteiger partial charge in [-0.15, -0.1) is 6.58 Å². The average molecular weight is 532 g/mol. The van der Waals surface area contributed by atoms with E-state index < -0.39 is 55.6 Å². The van der Waals surface area contributed by atoms with Gasteiger partial charge in [-0.25, -0.2) is 9.18 Å². The van der Waals surface area contributed by atoms with E-state index in [4.69, 9.17) is 5.11 Å². The van der Waals surface area contributed by atoms with E-state index in [-0.39, 0.29) is 18.9 Å². The number of hydrogen-bond acceptors (Lipinski definition) is 1. The molecule has 0 radical (unpaired) electrons. The molecule has 0 unspecified atom stereocenters. The van der Waals surface area contributed by atoms with Crippen molar-refractivity contribution >= 4 is 28.6 Å². The maximum absolute atomic E-state index is 15.1. The largest absolute Gasteiger partial charge is 0.478 e. The van der Waals surface area contributed by atoms with Gasteiger partial charge in [-0.2, -0.15) is 35.1 Å². The molecule has 1 N–H and O–H groups in total. The Morgan fingerprint density at radius 1 is 0.964 bits per heavy atom. The molecule has 0 aliphatic heterocycles. The van der Waals surface area contributed by atoms with E-state index in [1.54, 1.807) is 0 Å². The van der Waals surface area contributed by atoms with Gasteiger partial charge in [0.2, 0.25) is 0 Å². The quantitative estimate of drug-likeness (QED) is 0.295. The Bertz CT molecular complexity index is 810. The number of rotatable bonds is 5. The highest BCUT2D eigenvalue weighted by atomic mass is 127. The SMILES string of the molecule is C=CCCc1c(C(=O)O)ccc(C2(F)C(F)(F)C(F)(F)C(F)(F)C2(F)F)c1I. The van der Waals surface area contributed by atoms with Crippen LogP contribution in [0.2, 0.25) is 0 Å². The van der Waals surface area contributed by atoms with Gasteiger partial charge < -0.3 is 5.11 Å². The van der Waals surface area contributed by atoms with E-state index in [1.165, 1.54) is 6.08 Å². The zero-order valence-corrected chi connectivity index (χ0v) is 15.6. The molecule has 28 heavy (non-hydrogen) atoms. The van der Waals surface area contributed by atoms with Gasteiger partial charge in [0.25, 0.3) is 5.67 Å². The first-order valence-electron chi connectivity index (χ1n) is 7.40. The molecule has 0 saturated heterocycles. The fraction of sp³-hybridized carbons (Fsp3) is 0.438. The molecule has 12 heteroatoms. The van der Waals surface area contributed by atoms with Crippen molar-refractivity contribution in [3.05, 3.63) is 45.0 Å². The summed E-state index contributed by atoms with van der Waals surface area (Å²) in [7, 11) is 0. The standard InChI is InChI=1S/C16H10F9IO2/c1-2-3-4-7-8(11(27)28)5-6-9(10(7)26)12(17)13(18,19)15(22,23)16(24,25)14(12,20)21/h2,5-6H,1,3-4H2,(H,27,28). The van der Waals surface area contributed by atoms with Crippen molar-refractivity contribution in [3.63, 3.8) is 0 Å². The molecule has 0 heterocycles. The average Bonchev–Trinajstić information content (AvgIpc) is 2.62. The molecule has 1 aromatic rings. The molecular formula is C16H10F9IO2. The van der Waals surface area contributed by atoms with Crippen LogP contribution in [-0.2, 0) is 12.1 Å². The van der Waals surface area contributed by atoms with Crippen molar-refractivity contribution in [2.75, 3.05) is 0 Å². The van der Waals surface area contributed by atoms with Crippen LogP contribution in [0.1, 0.15) is 27.9 Å². The Labute approximate surface area is 165 Å². The first kappa shape index (κ1) is 22.8. The van der Waals surface area contributed by atoms with Crippen LogP contribution in [0.15, 0.2) is 24.8 Å². The van der Waals surface area contributed by atoms with E-state index >= 15 is 4.39 Å². The molecule has 1 fully saturated rings. The third kappa shape index (κ3) is 2.45. The molecule has 0 atom stereocenters. The monoisotopic (exact) mass is 532 g/mol. The summed E-state index contributed by atoms with van der Waals surface area (Å²) in [5, 5.41) is 9.12. The van der Waals surface area contributed by atoms with E-state index in [1.807, 2.05) is 0 Å². The number of alkyl halides is 9. The number of benzene rings is 1. The number of carboxylic acids is 1. The molecular weight excluding hydrogens is 522 g/mol. The Balaban J connectivity index is 2.89. The van der Waals surface area contributed by atoms with Crippen LogP contribution in [0.3, 0.4) is 0 Å². The van der Waals surface area contributed by atoms with Gasteiger partial charge in [0.1, 0.15) is 0 Å². The van der Waals surface area contributed by atoms with Gasteiger partial charge in [-0.05, 0) is 47.1 Å². The minimum Gasteiger partial charge on any atom is -0.478 e. The number of halogens is 10. The summed E-state index contributed by atoms with van der Waals surface area (Å²) in [5.41, 5.74) is -8.69. The predicted octanol–water partition coefficient (Wildman–Crippen LogP) is 5.83. The van der Waals surface area contributed by atoms with Crippen LogP contribution >= 0.6 is 22.6 Å². The van der Waals surface area contributed by atoms with E-state index in [2.05, 4.69) is 6.58 Å². The van der Waals surface area contributed by atoms with Crippen LogP contribution in [0.5, 0.6) is 0 Å². The molecule has 1 aliphatic rings. The number of carbonyl (C=O) groups is 1. The fourth-order valence-corrected chi connectivity index (χ4v) is 4.05. The summed E-state index contributed by atoms with van der Waals surface area (Å²) in [6, 6.07) is 0.516. The molecule has 156 valence electrons. The second-order valence-corrected chi connectivity index (χ2v) is 7.12. The molecule has 1 saturated carbocycles. The highest BCUT2D eigenvalue weighted by Gasteiger charge is 3.01. The zero-order valence-electron chi connectivity index (χ0n) is 13.5. The van der Waals surface area contributed by atoms with E-state index in [9.17, 15) is 39.9 Å². The number of aromatic carboxylic acids is 1. The summed E-state index contributed by atoms with van der Waals surface area (Å²) < 4.78 is 124. The molecule has 0 bridgehead atoms. The highest BCUT2D eigenvalue weighted by Crippen LogP contribution is 2.72. The maximum Gasteiger partial charge on any atom is 0.382 e. The van der Waals surface area contributed by atoms with Crippen molar-refractivity contribution in [2.24, 2.45) is 0 Å². The number of hydrogen-bond donors (Lipinski definition) is 1. The lowest BCUT2D eigenvalue weighted by molar-refractivity contribution is -0.303. The lowest BCUT2D eigenvalue weighted by Crippen LogP contribution is -2.52. The lowest BCUT2D eigenvalue weighted by Gasteiger charge is -2.32. The summed E-state index contributed by atoms with van der Waals surface area (Å²) in [4.78, 5) is 11.3. The van der Waals surface area contributed by atoms with Gasteiger partial charge in [0.05, 0.1) is 5.56 Å². The first-order valence-corrected chi connectivity index (χ1v) is 8.48. The lowest BCUT2D eigenvalue weighted by atomic mass is 9.85. The summed E-state index contributed by atoms with van der Waals surface area (Å²) in [5.74, 6) is -28.0. The van der Waals surface area contributed by atoms with Gasteiger partial charge >= 0.3 is 29.7 Å². The Hall–Kier alpha value is -1.47. The topological polar surface area (TPSA) is 37.3 Å². The van der Waals surface area contributed by atoms with Crippen molar-refractivity contribution < 1.29 is 49.4 Å². The normalized spacial score (nSPS) is 23.4. The molecule has 1 aliphatic carbocycles. The maximum atomic E-state index is 15.1. The van der Waals surface area contributed by atoms with Gasteiger partial charge in [0, 0.05) is 9.13 Å². The Kier molecular flexibility index (Phi) is 5.31. The van der Waals surface area contributed by atoms with E-state index in [0.29, 0.717) is 6.07 Å². The van der Waals surface area contributed by atoms with E-state index in [0.717, 1.165) is 22.6 Å². The third-order valence-electron chi connectivity index (χ3n) is 4.49. The highest BCUT2D eigenvalue weighted by molar-refractivity contribution is 14.1. The molecule has 0 amide bonds. The second kappa shape index (κ2) is 6.52. The van der Waals surface area contributed by atoms with Crippen molar-refractivity contribution in [1.82, 2.24) is 0 Å². The predicted molar refractivity (Wildman–Crippen MR) is 87.2 cm³/mol. The van der Waals surface area contributed by atoms with Crippen LogP contribution in [0, 0.1) is 3.57 Å². The second-order valence-electron chi connectivity index (χ2n) is 6.04. The van der Waals surface area contributed by atoms with Crippen molar-refractivity contribution in [3.8, 4) is 0 Å². The molecule has 0 spiro atoms. The van der Waals surface area contributed by atoms with Crippen LogP contribution in [-0.4, -0.2) is 34.8 Å². The van der Waals surface area contributed by atoms with Crippen molar-refractivity contribution in [1.29, 1.82) is 0 Å². The zero-order chi connectivity index (χ0) is 21.9. The fourth-order valence-electron chi connectivity index (χ4n) is 2.94. The summed E-state index contributed by atoms with van der Waals surface area (Å²) >= 11 is 1.00. The molecule has 1 aromatic carbocycles. The first-order chi connectivity index (χ1) is 12.5. The van der Waals surface area contributed by atoms with Crippen molar-refractivity contribution in [2.45, 2.75) is 42.2 Å². The minimum atomic E-state index is -6.70. The van der Waals surface area contributed by atoms with Crippen LogP contribution in [0.25, 0.3) is 0 Å². The van der Waals surface area contributed by atoms with Crippen LogP contribution < -0.4 is 0 Å². The summed E-state index contributed by atoms with van der Waals surface area (Å²) in [6.45, 7) is 3.32. The van der Waals surface area contributed by atoms with Crippen LogP contribution in [0.4, 0.5) is 39.5 Å². The smallest absolute Gasteiger partial charge is 0.382 e. The number of carboxylic acid groups (broad SMARTS) is 1. The number of allylic oxidation sites excluding steroid dienone is 1. The van der Waals surface area contributed by atoms with Gasteiger partial charge in [-0.1, -0.05) is 12.1 Å². The van der Waals surface area contributed by atoms with Gasteiger partial charge in [0.15, 0.2) is 0 Å². The molecule has 0 aromatic heterocycles. The molecule has 2 rings (SSSR count). The third-order valence-corrected chi connectivity index (χ3v) is 5.72. The Morgan fingerprint density at radius 2 is 1.43 bits per heavy atom. The molecule has 2 nitrogen and oxygen atoms in total. The Morgan fingerprint density at radius 3 is 1.82 bits per heavy atom.